The van der Waals surface area contributed by atoms with Crippen LogP contribution in [0.3, 0.4) is 0 Å². The first kappa shape index (κ1) is 105. The van der Waals surface area contributed by atoms with Gasteiger partial charge in [0.05, 0.1) is 157 Å². The molecule has 0 aliphatic heterocycles. The van der Waals surface area contributed by atoms with Crippen LogP contribution in [0.4, 0.5) is 22.0 Å². The third-order valence-electron chi connectivity index (χ3n) is 22.4. The van der Waals surface area contributed by atoms with Gasteiger partial charge in [0.2, 0.25) is 5.91 Å². The number of aryl methyl sites for hydroxylation is 2. The topological polar surface area (TPSA) is 523 Å². The molecule has 0 unspecified atom stereocenters. The van der Waals surface area contributed by atoms with Crippen LogP contribution >= 0.6 is 0 Å². The van der Waals surface area contributed by atoms with Gasteiger partial charge < -0.3 is 86.5 Å². The molecule has 17 aromatic rings. The number of nitrogens with two attached hydrogens (primary N) is 1. The number of nitrogens with one attached hydrogen (secondary N) is 9. The third-order valence-corrected chi connectivity index (χ3v) is 22.4. The van der Waals surface area contributed by atoms with Crippen LogP contribution in [0.2, 0.25) is 0 Å². The average molecular weight is 1980 g/mol. The highest BCUT2D eigenvalue weighted by Crippen LogP contribution is 2.39. The van der Waals surface area contributed by atoms with Crippen molar-refractivity contribution in [2.75, 3.05) is 52.9 Å². The first-order valence-electron chi connectivity index (χ1n) is 45.3. The molecule has 5 amide bonds. The van der Waals surface area contributed by atoms with Gasteiger partial charge in [0.1, 0.15) is 95.0 Å². The fraction of sp³-hybridized carbons (Fsp3) is 0.168. The van der Waals surface area contributed by atoms with Crippen LogP contribution < -0.4 is 41.2 Å². The summed E-state index contributed by atoms with van der Waals surface area (Å²) >= 11 is 0. The van der Waals surface area contributed by atoms with Crippen molar-refractivity contribution in [1.82, 2.24) is 72.3 Å². The zero-order valence-electron chi connectivity index (χ0n) is 78.0. The van der Waals surface area contributed by atoms with Crippen LogP contribution in [-0.2, 0) is 24.2 Å². The summed E-state index contributed by atoms with van der Waals surface area (Å²) in [6, 6.07) is 56.7. The van der Waals surface area contributed by atoms with Crippen molar-refractivity contribution >= 4 is 139 Å². The zero-order chi connectivity index (χ0) is 103. The number of phenols is 2. The number of carbonyl (C=O) groups excluding carboxylic acids is 5. The summed E-state index contributed by atoms with van der Waals surface area (Å²) < 4.78 is 87.8. The molecule has 0 saturated carbocycles. The third kappa shape index (κ3) is 27.3. The number of aromatic amines is 5. The highest BCUT2D eigenvalue weighted by atomic mass is 19.1. The second-order valence-corrected chi connectivity index (χ2v) is 32.6. The Morgan fingerprint density at radius 3 is 1.14 bits per heavy atom. The molecular formula is C107H100F5N15O18. The molecule has 0 bridgehead atoms. The Labute approximate surface area is 823 Å². The van der Waals surface area contributed by atoms with Crippen molar-refractivity contribution in [3.05, 3.63) is 355 Å². The lowest BCUT2D eigenvalue weighted by Gasteiger charge is -2.20. The van der Waals surface area contributed by atoms with Gasteiger partial charge in [-0.25, -0.2) is 26.7 Å². The van der Waals surface area contributed by atoms with Gasteiger partial charge in [-0.3, -0.25) is 49.5 Å². The lowest BCUT2D eigenvalue weighted by molar-refractivity contribution is -0.119. The number of rotatable bonds is 35. The molecule has 33 nitrogen and oxygen atoms in total. The van der Waals surface area contributed by atoms with Crippen LogP contribution in [0.1, 0.15) is 146 Å². The van der Waals surface area contributed by atoms with Gasteiger partial charge in [0.25, 0.3) is 23.6 Å². The summed E-state index contributed by atoms with van der Waals surface area (Å²) in [7, 11) is 0. The van der Waals surface area contributed by atoms with E-state index in [2.05, 4.69) is 72.3 Å². The Balaban J connectivity index is 0.000000153. The first-order valence-corrected chi connectivity index (χ1v) is 45.3. The van der Waals surface area contributed by atoms with E-state index in [-0.39, 0.29) is 146 Å². The molecular weight excluding hydrogens is 1880 g/mol. The number of aromatic nitrogens is 10. The average Bonchev–Trinajstić information content (AvgIpc) is 1.65. The Morgan fingerprint density at radius 2 is 0.759 bits per heavy atom. The minimum Gasteiger partial charge on any atom is -0.506 e. The minimum atomic E-state index is -1.19. The van der Waals surface area contributed by atoms with Gasteiger partial charge >= 0.3 is 5.97 Å². The number of primary amides is 1. The number of carbonyl (C=O) groups is 6. The van der Waals surface area contributed by atoms with Crippen molar-refractivity contribution in [2.45, 2.75) is 58.3 Å². The summed E-state index contributed by atoms with van der Waals surface area (Å²) in [6.07, 6.45) is 16.7. The van der Waals surface area contributed by atoms with Crippen LogP contribution in [0, 0.1) is 35.0 Å². The number of nitrogens with zero attached hydrogens (tertiary/aromatic N) is 5. The Hall–Kier alpha value is -17.7. The van der Waals surface area contributed by atoms with E-state index < -0.39 is 47.7 Å². The fourth-order valence-electron chi connectivity index (χ4n) is 14.8. The molecule has 38 heteroatoms. The number of carboxylic acid groups (broad SMARTS) is 1. The number of amides is 5. The van der Waals surface area contributed by atoms with Crippen LogP contribution in [0.15, 0.2) is 235 Å². The van der Waals surface area contributed by atoms with Crippen molar-refractivity contribution in [1.29, 1.82) is 0 Å². The Kier molecular flexibility index (Phi) is 36.4. The van der Waals surface area contributed by atoms with E-state index in [9.17, 15) is 86.5 Å². The second-order valence-electron chi connectivity index (χ2n) is 32.6. The number of hydrogen-bond donors (Lipinski definition) is 18. The smallest absolute Gasteiger partial charge is 0.339 e. The summed E-state index contributed by atoms with van der Waals surface area (Å²) in [5.41, 5.74) is 16.4. The molecule has 6 aromatic heterocycles. The molecule has 0 saturated heterocycles. The van der Waals surface area contributed by atoms with Gasteiger partial charge in [0.15, 0.2) is 0 Å². The van der Waals surface area contributed by atoms with E-state index >= 15 is 0 Å². The summed E-state index contributed by atoms with van der Waals surface area (Å²) in [4.78, 5) is 73.7. The van der Waals surface area contributed by atoms with E-state index in [0.717, 1.165) is 33.4 Å². The number of phenolic OH excluding ortho intramolecular Hbond substituents is 1. The number of H-pyrrole nitrogens is 5. The van der Waals surface area contributed by atoms with E-state index in [0.29, 0.717) is 113 Å². The van der Waals surface area contributed by atoms with Crippen LogP contribution in [-0.4, -0.2) is 192 Å². The maximum absolute atomic E-state index is 13.2. The number of aromatic carboxylic acids is 1. The van der Waals surface area contributed by atoms with E-state index in [1.807, 2.05) is 44.2 Å². The van der Waals surface area contributed by atoms with Crippen molar-refractivity contribution in [3.63, 3.8) is 0 Å². The first-order chi connectivity index (χ1) is 70.1. The van der Waals surface area contributed by atoms with Gasteiger partial charge in [-0.15, -0.1) is 0 Å². The molecule has 11 aromatic carbocycles. The number of halogens is 5. The van der Waals surface area contributed by atoms with Crippen molar-refractivity contribution in [2.24, 2.45) is 11.7 Å². The molecule has 0 radical (unpaired) electrons. The zero-order valence-corrected chi connectivity index (χ0v) is 78.0. The number of benzene rings is 11. The molecule has 746 valence electrons. The number of aromatic hydroxyl groups is 2. The van der Waals surface area contributed by atoms with Gasteiger partial charge in [0, 0.05) is 5.69 Å². The fourth-order valence-corrected chi connectivity index (χ4v) is 14.8. The lowest BCUT2D eigenvalue weighted by atomic mass is 10.0. The highest BCUT2D eigenvalue weighted by molar-refractivity contribution is 6.10. The molecule has 3 atom stereocenters. The van der Waals surface area contributed by atoms with Crippen molar-refractivity contribution in [3.8, 4) is 28.7 Å². The maximum atomic E-state index is 13.2. The second kappa shape index (κ2) is 50.4. The largest absolute Gasteiger partial charge is 0.506 e. The normalized spacial score (nSPS) is 11.9. The quantitative estimate of drug-likeness (QED) is 0.0164. The summed E-state index contributed by atoms with van der Waals surface area (Å²) in [5, 5.41) is 126. The van der Waals surface area contributed by atoms with Gasteiger partial charge in [-0.1, -0.05) is 129 Å². The predicted molar refractivity (Wildman–Crippen MR) is 537 cm³/mol. The van der Waals surface area contributed by atoms with E-state index in [1.54, 1.807) is 164 Å². The number of hydrogen-bond acceptors (Lipinski definition) is 22. The lowest BCUT2D eigenvalue weighted by Crippen LogP contribution is -2.42. The number of carboxylic acids is 1. The molecule has 19 N–H and O–H groups in total. The van der Waals surface area contributed by atoms with E-state index in [4.69, 9.17) is 29.5 Å². The summed E-state index contributed by atoms with van der Waals surface area (Å²) in [6.45, 7) is 4.27. The highest BCUT2D eigenvalue weighted by Gasteiger charge is 2.28. The standard InChI is InChI=1S/C26H24FN3O4.C23H20FN3O4.C21H21FN4O4.C21H22FN3O3.C16H13FN2O3/c27-19-9-6-17(7-10-19)8-12-21-24-22(30-29-21)13-11-20(25(24)34-15-14-31)26(33)28-23(16-32)18-4-2-1-3-5-18;24-16-6-3-15(4-7-16)5-9-19-21-20(27-26-19)10-8-18(22(21)31-13-11-28)23(29)25-14-17-2-1-12-30-17;1-12(20(23)28)24-21(29)15-7-9-17-18(19(15)30-11-10-27)16(25-26-17)8-4-13-2-5-14(22)6-3-13;1-12(2)18(11-26)23-21(28)15-8-10-17-19(20(15)27)16(24-25-17)9-5-13-3-6-14(22)7-4-13;17-10-4-1-9(2-5-10)3-7-12-14-13(19-18-12)8-6-11(15(14)20)16(21)22/h1-13,23,31-32H,14-16H2,(H,28,33)(H,29,30);1-10,12,28H,11,13-14H2,(H,25,29)(H,26,27);2-9,12,27H,10-11H2,1H3,(H2,23,28)(H,24,29)(H,25,26);3-10,12,18,26-27H,11H2,1-2H3,(H,23,28)(H,24,25);1-2,4-6,8,20H,3,7H2,(H,18,19)(H,21,22)/b12-8+;9-5+;8-4+;9-5+;/t23-;;12-;18-;/m1.01./s1. The number of fused-ring (bicyclic) bond motifs is 5. The monoisotopic (exact) mass is 1980 g/mol. The molecule has 0 spiro atoms. The SMILES string of the molecule is CC(C)[C@@H](CO)NC(=O)c1ccc2n[nH]c(/C=C/c3ccc(F)cc3)c2c1O.C[C@H](NC(=O)c1ccc2n[nH]c(/C=C/c3ccc(F)cc3)c2c1OCCO)C(N)=O.O=C(NCc1ccco1)c1ccc2n[nH]c(/C=C/c3ccc(F)cc3)c2c1OCCO.O=C(N[C@H](CO)c1ccccc1)c1ccc2n[nH]c(/C=C/c3ccc(F)cc3)c2c1OCCO.O=C(O)c1ccc2n[nH]c(CCc3ccc(F)cc3)c2c1O. The van der Waals surface area contributed by atoms with Gasteiger partial charge in [-0.2, -0.15) is 25.5 Å². The molecule has 0 aliphatic carbocycles. The molecule has 145 heavy (non-hydrogen) atoms. The summed E-state index contributed by atoms with van der Waals surface area (Å²) in [5.74, 6) is -4.26. The molecule has 0 fully saturated rings. The van der Waals surface area contributed by atoms with E-state index in [1.165, 1.54) is 92.0 Å². The maximum Gasteiger partial charge on any atom is 0.339 e. The Morgan fingerprint density at radius 1 is 0.393 bits per heavy atom. The minimum absolute atomic E-state index is 0.0177. The van der Waals surface area contributed by atoms with Gasteiger partial charge in [-0.05, 0) is 217 Å². The predicted octanol–water partition coefficient (Wildman–Crippen LogP) is 15.5. The molecule has 0 aliphatic rings. The number of ether oxygens (including phenoxy) is 3. The number of aliphatic hydroxyl groups is 5. The number of aliphatic hydroxyl groups excluding tert-OH is 5. The molecule has 6 heterocycles. The van der Waals surface area contributed by atoms with Crippen LogP contribution in [0.5, 0.6) is 28.7 Å². The Bertz CT molecular complexity index is 7460. The van der Waals surface area contributed by atoms with Crippen LogP contribution in [0.25, 0.3) is 103 Å². The number of furan rings is 1. The molecule has 17 rings (SSSR count). The van der Waals surface area contributed by atoms with Crippen molar-refractivity contribution < 1.29 is 110 Å².